The summed E-state index contributed by atoms with van der Waals surface area (Å²) in [6.45, 7) is -1.40. The molecule has 2 N–H and O–H groups in total. The molecule has 0 spiro atoms. The third kappa shape index (κ3) is 4.40. The van der Waals surface area contributed by atoms with E-state index in [1.54, 1.807) is 47.1 Å². The molecule has 6 nitrogen and oxygen atoms in total. The van der Waals surface area contributed by atoms with Crippen LogP contribution in [0.4, 0.5) is 13.2 Å². The van der Waals surface area contributed by atoms with E-state index in [1.165, 1.54) is 6.07 Å². The van der Waals surface area contributed by atoms with Crippen LogP contribution in [0.5, 0.6) is 5.75 Å². The summed E-state index contributed by atoms with van der Waals surface area (Å²) in [5.74, 6) is -0.276. The number of ether oxygens (including phenoxy) is 1. The van der Waals surface area contributed by atoms with Gasteiger partial charge in [0.15, 0.2) is 6.61 Å². The van der Waals surface area contributed by atoms with Gasteiger partial charge in [-0.05, 0) is 37.5 Å². The highest BCUT2D eigenvalue weighted by atomic mass is 19.4. The van der Waals surface area contributed by atoms with Crippen molar-refractivity contribution in [2.45, 2.75) is 37.6 Å². The molecule has 0 radical (unpaired) electrons. The number of pyridine rings is 1. The minimum Gasteiger partial charge on any atom is -0.483 e. The SMILES string of the molecule is O=C(N[C@H]1CC[C@H](O)C1)c1cn2cccc(-c3ccccc3OCC(F)(F)F)c2n1. The first kappa shape index (κ1) is 20.2. The van der Waals surface area contributed by atoms with E-state index in [9.17, 15) is 23.1 Å². The number of aliphatic hydroxyl groups excluding tert-OH is 1. The maximum atomic E-state index is 12.6. The van der Waals surface area contributed by atoms with E-state index >= 15 is 0 Å². The van der Waals surface area contributed by atoms with Gasteiger partial charge in [-0.3, -0.25) is 4.79 Å². The van der Waals surface area contributed by atoms with Crippen LogP contribution in [0, 0.1) is 0 Å². The number of benzene rings is 1. The predicted molar refractivity (Wildman–Crippen MR) is 103 cm³/mol. The zero-order valence-electron chi connectivity index (χ0n) is 15.9. The van der Waals surface area contributed by atoms with Crippen LogP contribution in [0.15, 0.2) is 48.8 Å². The molecular formula is C21H20F3N3O3. The van der Waals surface area contributed by atoms with Gasteiger partial charge >= 0.3 is 6.18 Å². The molecule has 2 heterocycles. The number of imidazole rings is 1. The highest BCUT2D eigenvalue weighted by molar-refractivity contribution is 5.94. The third-order valence-electron chi connectivity index (χ3n) is 5.02. The molecule has 30 heavy (non-hydrogen) atoms. The van der Waals surface area contributed by atoms with Crippen LogP contribution in [0.1, 0.15) is 29.8 Å². The molecule has 0 unspecified atom stereocenters. The number of aromatic nitrogens is 2. The zero-order chi connectivity index (χ0) is 21.3. The van der Waals surface area contributed by atoms with Gasteiger partial charge in [-0.1, -0.05) is 18.2 Å². The van der Waals surface area contributed by atoms with Crippen molar-refractivity contribution in [1.29, 1.82) is 0 Å². The van der Waals surface area contributed by atoms with Gasteiger partial charge in [-0.25, -0.2) is 4.98 Å². The van der Waals surface area contributed by atoms with Gasteiger partial charge in [0.1, 0.15) is 17.1 Å². The third-order valence-corrected chi connectivity index (χ3v) is 5.02. The Morgan fingerprint density at radius 3 is 2.70 bits per heavy atom. The molecular weight excluding hydrogens is 399 g/mol. The number of hydrogen-bond donors (Lipinski definition) is 2. The molecule has 9 heteroatoms. The maximum Gasteiger partial charge on any atom is 0.422 e. The lowest BCUT2D eigenvalue weighted by molar-refractivity contribution is -0.153. The quantitative estimate of drug-likeness (QED) is 0.663. The Morgan fingerprint density at radius 1 is 1.20 bits per heavy atom. The molecule has 2 atom stereocenters. The van der Waals surface area contributed by atoms with Crippen molar-refractivity contribution in [3.63, 3.8) is 0 Å². The number of halogens is 3. The van der Waals surface area contributed by atoms with Crippen LogP contribution in [0.25, 0.3) is 16.8 Å². The van der Waals surface area contributed by atoms with Crippen molar-refractivity contribution in [2.24, 2.45) is 0 Å². The lowest BCUT2D eigenvalue weighted by Crippen LogP contribution is -2.33. The summed E-state index contributed by atoms with van der Waals surface area (Å²) in [5.41, 5.74) is 1.61. The predicted octanol–water partition coefficient (Wildman–Crippen LogP) is 3.59. The van der Waals surface area contributed by atoms with Gasteiger partial charge in [0.25, 0.3) is 5.91 Å². The fourth-order valence-corrected chi connectivity index (χ4v) is 3.66. The fraction of sp³-hybridized carbons (Fsp3) is 0.333. The summed E-state index contributed by atoms with van der Waals surface area (Å²) in [6.07, 6.45) is 0.278. The van der Waals surface area contributed by atoms with E-state index in [0.717, 1.165) is 0 Å². The Kier molecular flexibility index (Phi) is 5.38. The van der Waals surface area contributed by atoms with Gasteiger partial charge in [0, 0.05) is 29.6 Å². The van der Waals surface area contributed by atoms with Crippen LogP contribution in [-0.4, -0.2) is 45.3 Å². The molecule has 0 saturated heterocycles. The Hall–Kier alpha value is -3.07. The molecule has 1 aromatic carbocycles. The summed E-state index contributed by atoms with van der Waals surface area (Å²) >= 11 is 0. The largest absolute Gasteiger partial charge is 0.483 e. The summed E-state index contributed by atoms with van der Waals surface area (Å²) in [6, 6.07) is 9.74. The normalized spacial score (nSPS) is 19.2. The molecule has 1 aliphatic rings. The number of carbonyl (C=O) groups is 1. The second kappa shape index (κ2) is 7.98. The van der Waals surface area contributed by atoms with Crippen LogP contribution < -0.4 is 10.1 Å². The molecule has 4 rings (SSSR count). The zero-order valence-corrected chi connectivity index (χ0v) is 15.9. The van der Waals surface area contributed by atoms with Crippen LogP contribution in [0.2, 0.25) is 0 Å². The number of rotatable bonds is 5. The van der Waals surface area contributed by atoms with E-state index in [1.807, 2.05) is 0 Å². The van der Waals surface area contributed by atoms with Gasteiger partial charge in [0.2, 0.25) is 0 Å². The molecule has 1 saturated carbocycles. The summed E-state index contributed by atoms with van der Waals surface area (Å²) in [5, 5.41) is 12.5. The van der Waals surface area contributed by atoms with Crippen molar-refractivity contribution in [2.75, 3.05) is 6.61 Å². The van der Waals surface area contributed by atoms with E-state index in [2.05, 4.69) is 10.3 Å². The topological polar surface area (TPSA) is 75.9 Å². The Morgan fingerprint density at radius 2 is 1.97 bits per heavy atom. The summed E-state index contributed by atoms with van der Waals surface area (Å²) < 4.78 is 44.5. The van der Waals surface area contributed by atoms with Crippen molar-refractivity contribution >= 4 is 11.6 Å². The molecule has 0 bridgehead atoms. The van der Waals surface area contributed by atoms with E-state index in [0.29, 0.717) is 36.0 Å². The minimum absolute atomic E-state index is 0.0804. The highest BCUT2D eigenvalue weighted by Gasteiger charge is 2.29. The second-order valence-electron chi connectivity index (χ2n) is 7.32. The first-order valence-electron chi connectivity index (χ1n) is 9.56. The average Bonchev–Trinajstić information content (AvgIpc) is 3.32. The van der Waals surface area contributed by atoms with Gasteiger partial charge in [0.05, 0.1) is 6.10 Å². The van der Waals surface area contributed by atoms with Crippen molar-refractivity contribution in [3.05, 3.63) is 54.5 Å². The Balaban J connectivity index is 1.64. The van der Waals surface area contributed by atoms with Crippen LogP contribution >= 0.6 is 0 Å². The van der Waals surface area contributed by atoms with Gasteiger partial charge in [-0.15, -0.1) is 0 Å². The number of para-hydroxylation sites is 1. The van der Waals surface area contributed by atoms with E-state index < -0.39 is 18.9 Å². The number of alkyl halides is 3. The second-order valence-corrected chi connectivity index (χ2v) is 7.32. The molecule has 158 valence electrons. The number of amides is 1. The Bertz CT molecular complexity index is 1060. The van der Waals surface area contributed by atoms with Gasteiger partial charge < -0.3 is 19.6 Å². The first-order valence-corrected chi connectivity index (χ1v) is 9.56. The number of nitrogens with zero attached hydrogens (tertiary/aromatic N) is 2. The Labute approximate surface area is 170 Å². The average molecular weight is 419 g/mol. The number of fused-ring (bicyclic) bond motifs is 1. The van der Waals surface area contributed by atoms with Crippen LogP contribution in [-0.2, 0) is 0 Å². The fourth-order valence-electron chi connectivity index (χ4n) is 3.66. The van der Waals surface area contributed by atoms with Crippen molar-refractivity contribution in [1.82, 2.24) is 14.7 Å². The first-order chi connectivity index (χ1) is 14.3. The molecule has 1 fully saturated rings. The van der Waals surface area contributed by atoms with Crippen molar-refractivity contribution in [3.8, 4) is 16.9 Å². The number of hydrogen-bond acceptors (Lipinski definition) is 4. The highest BCUT2D eigenvalue weighted by Crippen LogP contribution is 2.33. The molecule has 1 aliphatic carbocycles. The maximum absolute atomic E-state index is 12.6. The summed E-state index contributed by atoms with van der Waals surface area (Å²) in [7, 11) is 0. The van der Waals surface area contributed by atoms with Crippen LogP contribution in [0.3, 0.4) is 0 Å². The smallest absolute Gasteiger partial charge is 0.422 e. The molecule has 0 aliphatic heterocycles. The van der Waals surface area contributed by atoms with Crippen molar-refractivity contribution < 1.29 is 27.8 Å². The standard InChI is InChI=1S/C21H20F3N3O3/c22-21(23,24)12-30-18-6-2-1-4-15(18)16-5-3-9-27-11-17(26-19(16)27)20(29)25-13-7-8-14(28)10-13/h1-6,9,11,13-14,28H,7-8,10,12H2,(H,25,29)/t13-,14-/m0/s1. The van der Waals surface area contributed by atoms with E-state index in [-0.39, 0.29) is 23.4 Å². The summed E-state index contributed by atoms with van der Waals surface area (Å²) in [4.78, 5) is 17.0. The molecule has 3 aromatic rings. The lowest BCUT2D eigenvalue weighted by atomic mass is 10.1. The lowest BCUT2D eigenvalue weighted by Gasteiger charge is -2.13. The number of nitrogens with one attached hydrogen (secondary N) is 1. The number of carbonyl (C=O) groups excluding carboxylic acids is 1. The number of aliphatic hydroxyl groups is 1. The molecule has 1 amide bonds. The van der Waals surface area contributed by atoms with Gasteiger partial charge in [-0.2, -0.15) is 13.2 Å². The monoisotopic (exact) mass is 419 g/mol. The van der Waals surface area contributed by atoms with E-state index in [4.69, 9.17) is 4.74 Å². The minimum atomic E-state index is -4.45. The molecule has 2 aromatic heterocycles.